The minimum absolute atomic E-state index is 0.125. The van der Waals surface area contributed by atoms with Crippen LogP contribution in [0.1, 0.15) is 6.92 Å². The van der Waals surface area contributed by atoms with E-state index in [2.05, 4.69) is 5.32 Å². The van der Waals surface area contributed by atoms with Gasteiger partial charge in [-0.1, -0.05) is 0 Å². The van der Waals surface area contributed by atoms with Gasteiger partial charge in [-0.25, -0.2) is 17.2 Å². The fraction of sp³-hybridized carbons (Fsp3) is 0.188. The van der Waals surface area contributed by atoms with E-state index in [1.807, 2.05) is 0 Å². The predicted molar refractivity (Wildman–Crippen MR) is 84.6 cm³/mol. The molecule has 0 radical (unpaired) electrons. The van der Waals surface area contributed by atoms with Gasteiger partial charge in [0.25, 0.3) is 5.91 Å². The second kappa shape index (κ2) is 6.96. The second-order valence-corrected chi connectivity index (χ2v) is 7.13. The van der Waals surface area contributed by atoms with Crippen LogP contribution in [0.3, 0.4) is 0 Å². The maximum atomic E-state index is 13.5. The van der Waals surface area contributed by atoms with Crippen LogP contribution in [0.4, 0.5) is 14.5 Å². The van der Waals surface area contributed by atoms with Crippen molar-refractivity contribution in [2.45, 2.75) is 17.9 Å². The van der Waals surface area contributed by atoms with Gasteiger partial charge in [-0.05, 0) is 43.3 Å². The smallest absolute Gasteiger partial charge is 0.265 e. The normalized spacial score (nSPS) is 12.5. The summed E-state index contributed by atoms with van der Waals surface area (Å²) in [5.41, 5.74) is -0.163. The molecule has 1 atom stereocenters. The molecule has 1 amide bonds. The molecular weight excluding hydrogens is 340 g/mol. The van der Waals surface area contributed by atoms with Crippen LogP contribution < -0.4 is 10.1 Å². The summed E-state index contributed by atoms with van der Waals surface area (Å²) < 4.78 is 54.4. The van der Waals surface area contributed by atoms with Gasteiger partial charge in [0, 0.05) is 12.3 Å². The van der Waals surface area contributed by atoms with Gasteiger partial charge in [0.15, 0.2) is 15.9 Å². The molecular formula is C16H15F2NO4S. The number of nitrogens with one attached hydrogen (secondary N) is 1. The molecule has 0 aliphatic heterocycles. The van der Waals surface area contributed by atoms with Crippen LogP contribution >= 0.6 is 0 Å². The molecule has 0 bridgehead atoms. The Morgan fingerprint density at radius 1 is 1.12 bits per heavy atom. The van der Waals surface area contributed by atoms with Crippen molar-refractivity contribution in [3.05, 3.63) is 54.1 Å². The van der Waals surface area contributed by atoms with E-state index in [1.165, 1.54) is 31.2 Å². The summed E-state index contributed by atoms with van der Waals surface area (Å²) >= 11 is 0. The van der Waals surface area contributed by atoms with Crippen LogP contribution in [-0.2, 0) is 14.6 Å². The van der Waals surface area contributed by atoms with E-state index in [0.29, 0.717) is 6.07 Å². The van der Waals surface area contributed by atoms with E-state index in [1.54, 1.807) is 0 Å². The Bertz CT molecular complexity index is 851. The first-order valence-corrected chi connectivity index (χ1v) is 8.78. The van der Waals surface area contributed by atoms with E-state index in [9.17, 15) is 22.0 Å². The lowest BCUT2D eigenvalue weighted by Gasteiger charge is -2.15. The summed E-state index contributed by atoms with van der Waals surface area (Å²) in [6.45, 7) is 1.45. The van der Waals surface area contributed by atoms with Crippen LogP contribution in [0.25, 0.3) is 0 Å². The quantitative estimate of drug-likeness (QED) is 0.895. The monoisotopic (exact) mass is 355 g/mol. The third-order valence-corrected chi connectivity index (χ3v) is 4.25. The lowest BCUT2D eigenvalue weighted by atomic mass is 10.2. The molecule has 0 spiro atoms. The van der Waals surface area contributed by atoms with Crippen LogP contribution in [0.2, 0.25) is 0 Å². The first kappa shape index (κ1) is 17.9. The van der Waals surface area contributed by atoms with Gasteiger partial charge in [0.2, 0.25) is 0 Å². The average molecular weight is 355 g/mol. The predicted octanol–water partition coefficient (Wildman–Crippen LogP) is 2.77. The number of anilines is 1. The molecule has 2 aromatic rings. The number of halogens is 2. The summed E-state index contributed by atoms with van der Waals surface area (Å²) in [5, 5.41) is 2.29. The summed E-state index contributed by atoms with van der Waals surface area (Å²) in [7, 11) is -3.32. The molecule has 5 nitrogen and oxygen atoms in total. The highest BCUT2D eigenvalue weighted by Crippen LogP contribution is 2.19. The molecule has 2 rings (SSSR count). The van der Waals surface area contributed by atoms with Crippen molar-refractivity contribution in [3.8, 4) is 5.75 Å². The minimum atomic E-state index is -3.32. The van der Waals surface area contributed by atoms with Crippen LogP contribution in [0, 0.1) is 11.6 Å². The van der Waals surface area contributed by atoms with Crippen molar-refractivity contribution in [1.82, 2.24) is 0 Å². The lowest BCUT2D eigenvalue weighted by Crippen LogP contribution is -2.30. The first-order valence-electron chi connectivity index (χ1n) is 6.89. The second-order valence-electron chi connectivity index (χ2n) is 5.12. The summed E-state index contributed by atoms with van der Waals surface area (Å²) in [6, 6.07) is 8.33. The number of rotatable bonds is 5. The van der Waals surface area contributed by atoms with Gasteiger partial charge in [-0.2, -0.15) is 0 Å². The molecule has 128 valence electrons. The molecule has 0 heterocycles. The molecule has 1 N–H and O–H groups in total. The van der Waals surface area contributed by atoms with Gasteiger partial charge in [0.1, 0.15) is 17.4 Å². The van der Waals surface area contributed by atoms with E-state index in [4.69, 9.17) is 4.74 Å². The molecule has 0 fully saturated rings. The standard InChI is InChI=1S/C16H15F2NO4S/c1-10(16(20)19-15-8-3-11(17)9-14(15)18)23-12-4-6-13(7-5-12)24(2,21)22/h3-10H,1-2H3,(H,19,20). The molecule has 0 saturated heterocycles. The van der Waals surface area contributed by atoms with Crippen LogP contribution in [0.15, 0.2) is 47.4 Å². The molecule has 8 heteroatoms. The highest BCUT2D eigenvalue weighted by atomic mass is 32.2. The number of benzene rings is 2. The Kier molecular flexibility index (Phi) is 5.18. The van der Waals surface area contributed by atoms with E-state index < -0.39 is 33.5 Å². The molecule has 0 aliphatic carbocycles. The van der Waals surface area contributed by atoms with Gasteiger partial charge < -0.3 is 10.1 Å². The average Bonchev–Trinajstić information content (AvgIpc) is 2.49. The van der Waals surface area contributed by atoms with Crippen LogP contribution in [-0.4, -0.2) is 26.7 Å². The van der Waals surface area contributed by atoms with Gasteiger partial charge >= 0.3 is 0 Å². The number of hydrogen-bond donors (Lipinski definition) is 1. The fourth-order valence-corrected chi connectivity index (χ4v) is 2.48. The maximum Gasteiger partial charge on any atom is 0.265 e. The van der Waals surface area contributed by atoms with Crippen molar-refractivity contribution < 1.29 is 26.7 Å². The topological polar surface area (TPSA) is 72.5 Å². The number of carbonyl (C=O) groups is 1. The van der Waals surface area contributed by atoms with Crippen LogP contribution in [0.5, 0.6) is 5.75 Å². The molecule has 0 saturated carbocycles. The highest BCUT2D eigenvalue weighted by molar-refractivity contribution is 7.90. The molecule has 2 aromatic carbocycles. The minimum Gasteiger partial charge on any atom is -0.481 e. The van der Waals surface area contributed by atoms with Crippen molar-refractivity contribution in [3.63, 3.8) is 0 Å². The zero-order valence-electron chi connectivity index (χ0n) is 12.9. The molecule has 1 unspecified atom stereocenters. The van der Waals surface area contributed by atoms with E-state index in [-0.39, 0.29) is 16.3 Å². The third kappa shape index (κ3) is 4.51. The number of amides is 1. The Morgan fingerprint density at radius 2 is 1.75 bits per heavy atom. The highest BCUT2D eigenvalue weighted by Gasteiger charge is 2.17. The number of sulfone groups is 1. The molecule has 24 heavy (non-hydrogen) atoms. The summed E-state index contributed by atoms with van der Waals surface area (Å²) in [4.78, 5) is 12.1. The van der Waals surface area contributed by atoms with Crippen molar-refractivity contribution in [1.29, 1.82) is 0 Å². The Hall–Kier alpha value is -2.48. The fourth-order valence-electron chi connectivity index (χ4n) is 1.85. The zero-order chi connectivity index (χ0) is 17.9. The first-order chi connectivity index (χ1) is 11.2. The largest absolute Gasteiger partial charge is 0.481 e. The Balaban J connectivity index is 2.03. The van der Waals surface area contributed by atoms with Gasteiger partial charge in [-0.3, -0.25) is 4.79 Å². The number of carbonyl (C=O) groups excluding carboxylic acids is 1. The Labute approximate surface area is 138 Å². The van der Waals surface area contributed by atoms with Crippen molar-refractivity contribution >= 4 is 21.4 Å². The zero-order valence-corrected chi connectivity index (χ0v) is 13.7. The van der Waals surface area contributed by atoms with E-state index in [0.717, 1.165) is 18.4 Å². The van der Waals surface area contributed by atoms with Gasteiger partial charge in [0.05, 0.1) is 10.6 Å². The van der Waals surface area contributed by atoms with Crippen molar-refractivity contribution in [2.24, 2.45) is 0 Å². The number of ether oxygens (including phenoxy) is 1. The van der Waals surface area contributed by atoms with Gasteiger partial charge in [-0.15, -0.1) is 0 Å². The maximum absolute atomic E-state index is 13.5. The summed E-state index contributed by atoms with van der Waals surface area (Å²) in [6.07, 6.45) is 0.106. The lowest BCUT2D eigenvalue weighted by molar-refractivity contribution is -0.122. The third-order valence-electron chi connectivity index (χ3n) is 3.12. The summed E-state index contributed by atoms with van der Waals surface area (Å²) in [5.74, 6) is -1.99. The Morgan fingerprint density at radius 3 is 2.29 bits per heavy atom. The molecule has 0 aliphatic rings. The number of hydrogen-bond acceptors (Lipinski definition) is 4. The van der Waals surface area contributed by atoms with E-state index >= 15 is 0 Å². The SMILES string of the molecule is CC(Oc1ccc(S(C)(=O)=O)cc1)C(=O)Nc1ccc(F)cc1F. The molecule has 0 aromatic heterocycles. The van der Waals surface area contributed by atoms with Crippen molar-refractivity contribution in [2.75, 3.05) is 11.6 Å².